The van der Waals surface area contributed by atoms with Crippen molar-refractivity contribution in [2.75, 3.05) is 19.7 Å². The maximum Gasteiger partial charge on any atom is 0.193 e. The SMILES string of the molecule is C[C@@H]1c2cccn2CCN1C[C@H](O)COc1ccc(C(=O)c2ccccc2)cc1. The summed E-state index contributed by atoms with van der Waals surface area (Å²) < 4.78 is 8.01. The van der Waals surface area contributed by atoms with E-state index in [1.54, 1.807) is 24.3 Å². The van der Waals surface area contributed by atoms with Crippen LogP contribution < -0.4 is 4.74 Å². The predicted octanol–water partition coefficient (Wildman–Crippen LogP) is 3.54. The zero-order valence-electron chi connectivity index (χ0n) is 16.6. The van der Waals surface area contributed by atoms with Gasteiger partial charge in [0.25, 0.3) is 0 Å². The molecule has 1 aliphatic rings. The van der Waals surface area contributed by atoms with Crippen molar-refractivity contribution >= 4 is 5.78 Å². The van der Waals surface area contributed by atoms with E-state index in [0.29, 0.717) is 23.4 Å². The lowest BCUT2D eigenvalue weighted by atomic mass is 10.0. The molecule has 1 N–H and O–H groups in total. The molecule has 0 fully saturated rings. The summed E-state index contributed by atoms with van der Waals surface area (Å²) in [6.45, 7) is 4.81. The first-order chi connectivity index (χ1) is 14.1. The van der Waals surface area contributed by atoms with Crippen molar-refractivity contribution in [1.82, 2.24) is 9.47 Å². The lowest BCUT2D eigenvalue weighted by molar-refractivity contribution is 0.0453. The number of nitrogens with zero attached hydrogens (tertiary/aromatic N) is 2. The van der Waals surface area contributed by atoms with Gasteiger partial charge < -0.3 is 14.4 Å². The Morgan fingerprint density at radius 3 is 2.52 bits per heavy atom. The van der Waals surface area contributed by atoms with Crippen LogP contribution in [0.2, 0.25) is 0 Å². The van der Waals surface area contributed by atoms with Gasteiger partial charge in [-0.05, 0) is 43.3 Å². The first kappa shape index (κ1) is 19.4. The summed E-state index contributed by atoms with van der Waals surface area (Å²) in [5.41, 5.74) is 2.57. The molecule has 0 saturated carbocycles. The van der Waals surface area contributed by atoms with Crippen molar-refractivity contribution in [3.05, 3.63) is 89.7 Å². The highest BCUT2D eigenvalue weighted by atomic mass is 16.5. The van der Waals surface area contributed by atoms with Gasteiger partial charge in [-0.25, -0.2) is 0 Å². The van der Waals surface area contributed by atoms with Crippen molar-refractivity contribution in [2.24, 2.45) is 0 Å². The second-order valence-electron chi connectivity index (χ2n) is 7.48. The van der Waals surface area contributed by atoms with Crippen LogP contribution in [0.1, 0.15) is 34.6 Å². The van der Waals surface area contributed by atoms with Crippen LogP contribution in [0.3, 0.4) is 0 Å². The Labute approximate surface area is 171 Å². The number of carbonyl (C=O) groups excluding carboxylic acids is 1. The molecule has 0 spiro atoms. The molecule has 0 amide bonds. The number of carbonyl (C=O) groups is 1. The van der Waals surface area contributed by atoms with Gasteiger partial charge in [0.05, 0.1) is 0 Å². The van der Waals surface area contributed by atoms with E-state index >= 15 is 0 Å². The highest BCUT2D eigenvalue weighted by Crippen LogP contribution is 2.25. The molecule has 0 aliphatic carbocycles. The molecule has 150 valence electrons. The van der Waals surface area contributed by atoms with Gasteiger partial charge in [0.2, 0.25) is 0 Å². The molecule has 5 heteroatoms. The molecule has 2 aromatic carbocycles. The Bertz CT molecular complexity index is 950. The Hall–Kier alpha value is -2.89. The second-order valence-corrected chi connectivity index (χ2v) is 7.48. The number of rotatable bonds is 7. The number of benzene rings is 2. The van der Waals surface area contributed by atoms with Crippen molar-refractivity contribution in [2.45, 2.75) is 25.6 Å². The molecular weight excluding hydrogens is 364 g/mol. The maximum absolute atomic E-state index is 12.5. The average molecular weight is 390 g/mol. The third-order valence-corrected chi connectivity index (χ3v) is 5.51. The lowest BCUT2D eigenvalue weighted by Gasteiger charge is -2.36. The number of ketones is 1. The third-order valence-electron chi connectivity index (χ3n) is 5.51. The van der Waals surface area contributed by atoms with Gasteiger partial charge in [-0.1, -0.05) is 30.3 Å². The molecule has 1 aliphatic heterocycles. The van der Waals surface area contributed by atoms with Crippen LogP contribution >= 0.6 is 0 Å². The molecule has 0 bridgehead atoms. The topological polar surface area (TPSA) is 54.7 Å². The predicted molar refractivity (Wildman–Crippen MR) is 112 cm³/mol. The molecule has 4 rings (SSSR count). The second kappa shape index (κ2) is 8.64. The summed E-state index contributed by atoms with van der Waals surface area (Å²) in [5.74, 6) is 0.634. The quantitative estimate of drug-likeness (QED) is 0.627. The monoisotopic (exact) mass is 390 g/mol. The Kier molecular flexibility index (Phi) is 5.79. The van der Waals surface area contributed by atoms with Crippen molar-refractivity contribution in [1.29, 1.82) is 0 Å². The van der Waals surface area contributed by atoms with E-state index in [2.05, 4.69) is 34.7 Å². The molecule has 0 saturated heterocycles. The highest BCUT2D eigenvalue weighted by molar-refractivity contribution is 6.08. The fraction of sp³-hybridized carbons (Fsp3) is 0.292. The largest absolute Gasteiger partial charge is 0.491 e. The molecule has 0 unspecified atom stereocenters. The number of aromatic nitrogens is 1. The molecular formula is C24H26N2O3. The van der Waals surface area contributed by atoms with E-state index in [4.69, 9.17) is 4.74 Å². The Morgan fingerprint density at radius 1 is 1.03 bits per heavy atom. The fourth-order valence-electron chi connectivity index (χ4n) is 3.85. The van der Waals surface area contributed by atoms with E-state index in [9.17, 15) is 9.90 Å². The first-order valence-electron chi connectivity index (χ1n) is 10.0. The standard InChI is InChI=1S/C24H26N2O3/c1-18-23-8-5-13-25(23)14-15-26(18)16-21(27)17-29-22-11-9-20(10-12-22)24(28)19-6-3-2-4-7-19/h2-13,18,21,27H,14-17H2,1H3/t18-,21+/m1/s1. The fourth-order valence-corrected chi connectivity index (χ4v) is 3.85. The minimum absolute atomic E-state index is 0.0129. The normalized spacial score (nSPS) is 17.5. The highest BCUT2D eigenvalue weighted by Gasteiger charge is 2.25. The summed E-state index contributed by atoms with van der Waals surface area (Å²) in [4.78, 5) is 14.7. The van der Waals surface area contributed by atoms with Crippen LogP contribution in [0.15, 0.2) is 72.9 Å². The van der Waals surface area contributed by atoms with Gasteiger partial charge in [-0.3, -0.25) is 9.69 Å². The molecule has 1 aromatic heterocycles. The van der Waals surface area contributed by atoms with Gasteiger partial charge in [0, 0.05) is 48.7 Å². The van der Waals surface area contributed by atoms with Crippen molar-refractivity contribution < 1.29 is 14.6 Å². The molecule has 0 radical (unpaired) electrons. The Morgan fingerprint density at radius 2 is 1.76 bits per heavy atom. The average Bonchev–Trinajstić information content (AvgIpc) is 3.24. The smallest absolute Gasteiger partial charge is 0.193 e. The molecule has 2 atom stereocenters. The number of ether oxygens (including phenoxy) is 1. The number of aliphatic hydroxyl groups excluding tert-OH is 1. The Balaban J connectivity index is 1.29. The number of hydrogen-bond acceptors (Lipinski definition) is 4. The van der Waals surface area contributed by atoms with E-state index in [-0.39, 0.29) is 18.4 Å². The number of aliphatic hydroxyl groups is 1. The van der Waals surface area contributed by atoms with Gasteiger partial charge in [0.1, 0.15) is 18.5 Å². The number of fused-ring (bicyclic) bond motifs is 1. The van der Waals surface area contributed by atoms with Crippen molar-refractivity contribution in [3.8, 4) is 5.75 Å². The molecule has 5 nitrogen and oxygen atoms in total. The molecule has 2 heterocycles. The minimum Gasteiger partial charge on any atom is -0.491 e. The zero-order valence-corrected chi connectivity index (χ0v) is 16.6. The van der Waals surface area contributed by atoms with Gasteiger partial charge in [0.15, 0.2) is 5.78 Å². The van der Waals surface area contributed by atoms with Crippen LogP contribution in [0.4, 0.5) is 0 Å². The van der Waals surface area contributed by atoms with E-state index in [1.807, 2.05) is 30.3 Å². The van der Waals surface area contributed by atoms with Crippen molar-refractivity contribution in [3.63, 3.8) is 0 Å². The minimum atomic E-state index is -0.579. The van der Waals surface area contributed by atoms with Crippen LogP contribution in [0.25, 0.3) is 0 Å². The molecule has 29 heavy (non-hydrogen) atoms. The lowest BCUT2D eigenvalue weighted by Crippen LogP contribution is -2.42. The van der Waals surface area contributed by atoms with Crippen LogP contribution in [0, 0.1) is 0 Å². The van der Waals surface area contributed by atoms with E-state index in [0.717, 1.165) is 13.1 Å². The van der Waals surface area contributed by atoms with Gasteiger partial charge in [-0.2, -0.15) is 0 Å². The van der Waals surface area contributed by atoms with Crippen LogP contribution in [0.5, 0.6) is 5.75 Å². The first-order valence-corrected chi connectivity index (χ1v) is 10.0. The maximum atomic E-state index is 12.5. The summed E-state index contributed by atoms with van der Waals surface area (Å²) in [7, 11) is 0. The van der Waals surface area contributed by atoms with Gasteiger partial charge >= 0.3 is 0 Å². The third kappa shape index (κ3) is 4.42. The van der Waals surface area contributed by atoms with Gasteiger partial charge in [-0.15, -0.1) is 0 Å². The number of β-amino-alcohol motifs (C(OH)–C–C–N with tert-alkyl or cyclic N) is 1. The summed E-state index contributed by atoms with van der Waals surface area (Å²) >= 11 is 0. The summed E-state index contributed by atoms with van der Waals surface area (Å²) in [6.07, 6.45) is 1.53. The number of hydrogen-bond donors (Lipinski definition) is 1. The summed E-state index contributed by atoms with van der Waals surface area (Å²) in [6, 6.07) is 20.8. The van der Waals surface area contributed by atoms with E-state index in [1.165, 1.54) is 5.69 Å². The van der Waals surface area contributed by atoms with Crippen LogP contribution in [-0.4, -0.2) is 46.2 Å². The molecule has 3 aromatic rings. The van der Waals surface area contributed by atoms with E-state index < -0.39 is 6.10 Å². The van der Waals surface area contributed by atoms with Crippen LogP contribution in [-0.2, 0) is 6.54 Å². The zero-order chi connectivity index (χ0) is 20.2. The summed E-state index contributed by atoms with van der Waals surface area (Å²) in [5, 5.41) is 10.4.